The van der Waals surface area contributed by atoms with Crippen molar-refractivity contribution in [3.63, 3.8) is 0 Å². The average molecular weight is 323 g/mol. The molecule has 0 aliphatic rings. The molecule has 122 valence electrons. The summed E-state index contributed by atoms with van der Waals surface area (Å²) in [6.07, 6.45) is 1.74. The predicted molar refractivity (Wildman–Crippen MR) is 90.6 cm³/mol. The molecule has 0 spiro atoms. The van der Waals surface area contributed by atoms with Crippen LogP contribution in [0.4, 0.5) is 4.39 Å². The fourth-order valence-electron chi connectivity index (χ4n) is 2.51. The summed E-state index contributed by atoms with van der Waals surface area (Å²) >= 11 is 0. The van der Waals surface area contributed by atoms with Crippen LogP contribution >= 0.6 is 0 Å². The van der Waals surface area contributed by atoms with Crippen molar-refractivity contribution in [1.82, 2.24) is 15.1 Å². The van der Waals surface area contributed by atoms with E-state index in [1.54, 1.807) is 30.5 Å². The summed E-state index contributed by atoms with van der Waals surface area (Å²) in [4.78, 5) is 12.4. The molecule has 1 N–H and O–H groups in total. The molecule has 0 aliphatic heterocycles. The molecule has 5 heteroatoms. The number of halogens is 1. The maximum Gasteiger partial charge on any atom is 0.251 e. The van der Waals surface area contributed by atoms with Crippen LogP contribution in [-0.2, 0) is 0 Å². The summed E-state index contributed by atoms with van der Waals surface area (Å²) in [6.45, 7) is 3.84. The summed E-state index contributed by atoms with van der Waals surface area (Å²) in [5, 5.41) is 7.15. The second-order valence-electron chi connectivity index (χ2n) is 5.68. The van der Waals surface area contributed by atoms with Gasteiger partial charge in [-0.25, -0.2) is 9.07 Å². The van der Waals surface area contributed by atoms with Crippen LogP contribution in [0, 0.1) is 12.7 Å². The fourth-order valence-corrected chi connectivity index (χ4v) is 2.51. The number of amides is 1. The minimum atomic E-state index is -0.290. The molecule has 3 aromatic rings. The van der Waals surface area contributed by atoms with E-state index < -0.39 is 0 Å². The van der Waals surface area contributed by atoms with Crippen LogP contribution in [-0.4, -0.2) is 15.7 Å². The lowest BCUT2D eigenvalue weighted by molar-refractivity contribution is 0.0940. The molecule has 1 amide bonds. The van der Waals surface area contributed by atoms with E-state index in [1.165, 1.54) is 12.1 Å². The summed E-state index contributed by atoms with van der Waals surface area (Å²) < 4.78 is 14.8. The van der Waals surface area contributed by atoms with Crippen LogP contribution < -0.4 is 5.32 Å². The zero-order valence-electron chi connectivity index (χ0n) is 13.5. The van der Waals surface area contributed by atoms with E-state index in [0.717, 1.165) is 16.9 Å². The predicted octanol–water partition coefficient (Wildman–Crippen LogP) is 3.81. The number of nitrogens with one attached hydrogen (secondary N) is 1. The quantitative estimate of drug-likeness (QED) is 0.793. The van der Waals surface area contributed by atoms with Gasteiger partial charge in [0.25, 0.3) is 5.91 Å². The zero-order valence-corrected chi connectivity index (χ0v) is 13.5. The summed E-state index contributed by atoms with van der Waals surface area (Å²) in [5.41, 5.74) is 3.35. The van der Waals surface area contributed by atoms with Crippen molar-refractivity contribution in [2.24, 2.45) is 0 Å². The normalized spacial score (nSPS) is 12.0. The van der Waals surface area contributed by atoms with E-state index in [1.807, 2.05) is 36.7 Å². The van der Waals surface area contributed by atoms with Crippen molar-refractivity contribution < 1.29 is 9.18 Å². The molecule has 3 rings (SSSR count). The summed E-state index contributed by atoms with van der Waals surface area (Å²) in [7, 11) is 0. The largest absolute Gasteiger partial charge is 0.346 e. The first kappa shape index (κ1) is 15.9. The van der Waals surface area contributed by atoms with Crippen molar-refractivity contribution in [3.8, 4) is 5.69 Å². The highest BCUT2D eigenvalue weighted by Crippen LogP contribution is 2.15. The fraction of sp³-hybridized carbons (Fsp3) is 0.158. The van der Waals surface area contributed by atoms with Gasteiger partial charge in [-0.1, -0.05) is 12.1 Å². The Bertz CT molecular complexity index is 838. The first-order valence-corrected chi connectivity index (χ1v) is 7.72. The van der Waals surface area contributed by atoms with Crippen molar-refractivity contribution in [2.75, 3.05) is 0 Å². The number of aromatic nitrogens is 2. The van der Waals surface area contributed by atoms with Crippen LogP contribution in [0.5, 0.6) is 0 Å². The average Bonchev–Trinajstić information content (AvgIpc) is 3.01. The van der Waals surface area contributed by atoms with Gasteiger partial charge in [0, 0.05) is 17.5 Å². The highest BCUT2D eigenvalue weighted by atomic mass is 19.1. The van der Waals surface area contributed by atoms with Crippen LogP contribution in [0.3, 0.4) is 0 Å². The lowest BCUT2D eigenvalue weighted by Crippen LogP contribution is -2.26. The maximum atomic E-state index is 13.0. The Balaban J connectivity index is 1.71. The first-order valence-electron chi connectivity index (χ1n) is 7.72. The molecule has 0 unspecified atom stereocenters. The number of aryl methyl sites for hydroxylation is 1. The second kappa shape index (κ2) is 6.66. The topological polar surface area (TPSA) is 46.9 Å². The SMILES string of the molecule is Cc1ccnn1-c1ccc(C(=O)N[C@@H](C)c2ccc(F)cc2)cc1. The van der Waals surface area contributed by atoms with Gasteiger partial charge in [-0.2, -0.15) is 5.10 Å². The van der Waals surface area contributed by atoms with E-state index in [0.29, 0.717) is 5.56 Å². The van der Waals surface area contributed by atoms with Gasteiger partial charge in [-0.3, -0.25) is 4.79 Å². The third-order valence-corrected chi connectivity index (χ3v) is 3.92. The number of nitrogens with zero attached hydrogens (tertiary/aromatic N) is 2. The molecule has 1 aromatic heterocycles. The summed E-state index contributed by atoms with van der Waals surface area (Å²) in [6, 6.07) is 15.1. The molecule has 0 radical (unpaired) electrons. The Labute approximate surface area is 139 Å². The highest BCUT2D eigenvalue weighted by molar-refractivity contribution is 5.94. The number of hydrogen-bond donors (Lipinski definition) is 1. The van der Waals surface area contributed by atoms with Gasteiger partial charge in [0.2, 0.25) is 0 Å². The number of carbonyl (C=O) groups excluding carboxylic acids is 1. The number of benzene rings is 2. The van der Waals surface area contributed by atoms with E-state index in [9.17, 15) is 9.18 Å². The maximum absolute atomic E-state index is 13.0. The smallest absolute Gasteiger partial charge is 0.251 e. The van der Waals surface area contributed by atoms with Crippen LogP contribution in [0.2, 0.25) is 0 Å². The van der Waals surface area contributed by atoms with Crippen molar-refractivity contribution in [2.45, 2.75) is 19.9 Å². The molecule has 0 saturated carbocycles. The molecule has 2 aromatic carbocycles. The van der Waals surface area contributed by atoms with Gasteiger partial charge in [0.05, 0.1) is 11.7 Å². The molecule has 0 bridgehead atoms. The molecule has 0 saturated heterocycles. The van der Waals surface area contributed by atoms with Crippen LogP contribution in [0.1, 0.15) is 34.6 Å². The second-order valence-corrected chi connectivity index (χ2v) is 5.68. The van der Waals surface area contributed by atoms with Crippen LogP contribution in [0.25, 0.3) is 5.69 Å². The lowest BCUT2D eigenvalue weighted by atomic mass is 10.1. The first-order chi connectivity index (χ1) is 11.5. The molecule has 1 heterocycles. The molecule has 24 heavy (non-hydrogen) atoms. The Hall–Kier alpha value is -2.95. The van der Waals surface area contributed by atoms with Crippen molar-refractivity contribution >= 4 is 5.91 Å². The standard InChI is InChI=1S/C19H18FN3O/c1-13-11-12-21-23(13)18-9-5-16(6-10-18)19(24)22-14(2)15-3-7-17(20)8-4-15/h3-12,14H,1-2H3,(H,22,24)/t14-/m0/s1. The highest BCUT2D eigenvalue weighted by Gasteiger charge is 2.12. The van der Waals surface area contributed by atoms with Gasteiger partial charge >= 0.3 is 0 Å². The Morgan fingerprint density at radius 3 is 2.33 bits per heavy atom. The van der Waals surface area contributed by atoms with E-state index >= 15 is 0 Å². The van der Waals surface area contributed by atoms with E-state index in [4.69, 9.17) is 0 Å². The lowest BCUT2D eigenvalue weighted by Gasteiger charge is -2.14. The third-order valence-electron chi connectivity index (χ3n) is 3.92. The number of hydrogen-bond acceptors (Lipinski definition) is 2. The molecule has 0 fully saturated rings. The van der Waals surface area contributed by atoms with Gasteiger partial charge in [0.15, 0.2) is 0 Å². The molecule has 0 aliphatic carbocycles. The zero-order chi connectivity index (χ0) is 17.1. The number of carbonyl (C=O) groups is 1. The van der Waals surface area contributed by atoms with E-state index in [2.05, 4.69) is 10.4 Å². The van der Waals surface area contributed by atoms with Gasteiger partial charge in [0.1, 0.15) is 5.82 Å². The minimum Gasteiger partial charge on any atom is -0.346 e. The Kier molecular flexibility index (Phi) is 4.42. The third kappa shape index (κ3) is 3.35. The molecular formula is C19H18FN3O. The molecule has 1 atom stereocenters. The van der Waals surface area contributed by atoms with Gasteiger partial charge < -0.3 is 5.32 Å². The minimum absolute atomic E-state index is 0.171. The Morgan fingerprint density at radius 2 is 1.75 bits per heavy atom. The molecule has 4 nitrogen and oxygen atoms in total. The van der Waals surface area contributed by atoms with Crippen LogP contribution in [0.15, 0.2) is 60.8 Å². The Morgan fingerprint density at radius 1 is 1.08 bits per heavy atom. The monoisotopic (exact) mass is 323 g/mol. The van der Waals surface area contributed by atoms with Gasteiger partial charge in [-0.15, -0.1) is 0 Å². The number of rotatable bonds is 4. The van der Waals surface area contributed by atoms with Crippen molar-refractivity contribution in [1.29, 1.82) is 0 Å². The molecular weight excluding hydrogens is 305 g/mol. The van der Waals surface area contributed by atoms with E-state index in [-0.39, 0.29) is 17.8 Å². The van der Waals surface area contributed by atoms with Gasteiger partial charge in [-0.05, 0) is 61.9 Å². The van der Waals surface area contributed by atoms with Crippen molar-refractivity contribution in [3.05, 3.63) is 83.4 Å². The summed E-state index contributed by atoms with van der Waals surface area (Å²) in [5.74, 6) is -0.461.